The van der Waals surface area contributed by atoms with Crippen LogP contribution in [-0.2, 0) is 11.2 Å². The first-order valence-electron chi connectivity index (χ1n) is 17.9. The van der Waals surface area contributed by atoms with Crippen LogP contribution in [0.3, 0.4) is 0 Å². The number of aromatic nitrogens is 2. The molecule has 6 heterocycles. The number of nitrogens with zero attached hydrogens (tertiary/aromatic N) is 4. The molecule has 9 nitrogen and oxygen atoms in total. The van der Waals surface area contributed by atoms with Crippen LogP contribution in [0.4, 0.5) is 19.0 Å². The Balaban J connectivity index is 1.26. The number of aromatic hydroxyl groups is 1. The molecular weight excluding hydrogens is 647 g/mol. The van der Waals surface area contributed by atoms with Crippen molar-refractivity contribution in [2.75, 3.05) is 64.6 Å². The van der Waals surface area contributed by atoms with E-state index in [0.29, 0.717) is 55.0 Å². The molecule has 4 saturated heterocycles. The third kappa shape index (κ3) is 5.16. The van der Waals surface area contributed by atoms with Gasteiger partial charge in [-0.1, -0.05) is 18.2 Å². The van der Waals surface area contributed by atoms with Crippen molar-refractivity contribution in [1.29, 1.82) is 0 Å². The number of nitrogens with one attached hydrogen (secondary N) is 1. The van der Waals surface area contributed by atoms with Gasteiger partial charge in [-0.2, -0.15) is 9.97 Å². The summed E-state index contributed by atoms with van der Waals surface area (Å²) < 4.78 is 67.4. The number of fused-ring (bicyclic) bond motifs is 8. The van der Waals surface area contributed by atoms with E-state index in [1.54, 1.807) is 13.2 Å². The highest BCUT2D eigenvalue weighted by molar-refractivity contribution is 6.05. The second-order valence-corrected chi connectivity index (χ2v) is 14.9. The average molecular weight is 690 g/mol. The minimum atomic E-state index is -0.930. The Morgan fingerprint density at radius 3 is 2.88 bits per heavy atom. The van der Waals surface area contributed by atoms with E-state index in [1.807, 2.05) is 18.2 Å². The maximum Gasteiger partial charge on any atom is 0.319 e. The standard InChI is InChI=1S/C38H42F3N5O4/c1-48-11-8-22-4-2-5-23-12-26(47)13-27(29(22)23)30-32(40)34-31-35(33(30)41)49-19-28-24-7-6-21(15-42-16-24)17-46(28)36(31)44-37(43-34)50-20-38-9-3-10-45(38)18-25(39)14-38/h2,4-5,12-13,21,24-25,28,42,47H,3,6-11,14-20H2,1H3/t21?,24?,25-,28?,38+/m1/s1. The van der Waals surface area contributed by atoms with Crippen molar-refractivity contribution in [3.8, 4) is 28.6 Å². The van der Waals surface area contributed by atoms with E-state index in [0.717, 1.165) is 50.9 Å². The number of phenolic OH excluding ortho intramolecular Hbond substituents is 1. The van der Waals surface area contributed by atoms with E-state index in [1.165, 1.54) is 6.07 Å². The Kier molecular flexibility index (Phi) is 7.96. The maximum atomic E-state index is 17.4. The molecule has 12 heteroatoms. The van der Waals surface area contributed by atoms with Crippen LogP contribution in [-0.4, -0.2) is 97.4 Å². The van der Waals surface area contributed by atoms with Gasteiger partial charge in [-0.3, -0.25) is 4.90 Å². The van der Waals surface area contributed by atoms with Gasteiger partial charge in [0, 0.05) is 33.2 Å². The van der Waals surface area contributed by atoms with Crippen LogP contribution in [0.25, 0.3) is 32.8 Å². The Morgan fingerprint density at radius 2 is 2.00 bits per heavy atom. The topological polar surface area (TPSA) is 92.2 Å². The summed E-state index contributed by atoms with van der Waals surface area (Å²) in [4.78, 5) is 13.9. The zero-order chi connectivity index (χ0) is 34.1. The Labute approximate surface area is 288 Å². The SMILES string of the molecule is COCCc1cccc2cc(O)cc(-c3c(F)c4c5c(nc(OC[C@@]67CCCN6C[C@H](F)C7)nc5c3F)N3CC5CCC(CNC5)C3CO4)c12. The first kappa shape index (κ1) is 32.1. The number of methoxy groups -OCH3 is 1. The number of hydrogen-bond donors (Lipinski definition) is 2. The maximum absolute atomic E-state index is 17.4. The number of benzene rings is 3. The molecule has 4 fully saturated rings. The van der Waals surface area contributed by atoms with Crippen LogP contribution in [0.1, 0.15) is 37.7 Å². The van der Waals surface area contributed by atoms with Crippen LogP contribution in [0.2, 0.25) is 0 Å². The minimum absolute atomic E-state index is 0.0202. The number of rotatable bonds is 7. The summed E-state index contributed by atoms with van der Waals surface area (Å²) in [6.07, 6.45) is 3.72. The molecule has 5 atom stereocenters. The van der Waals surface area contributed by atoms with Gasteiger partial charge >= 0.3 is 6.01 Å². The lowest BCUT2D eigenvalue weighted by atomic mass is 9.91. The number of hydrogen-bond acceptors (Lipinski definition) is 9. The summed E-state index contributed by atoms with van der Waals surface area (Å²) in [5, 5.41) is 15.9. The van der Waals surface area contributed by atoms with Crippen molar-refractivity contribution in [1.82, 2.24) is 20.2 Å². The van der Waals surface area contributed by atoms with Crippen LogP contribution in [0, 0.1) is 23.5 Å². The van der Waals surface area contributed by atoms with Gasteiger partial charge in [-0.05, 0) is 91.1 Å². The van der Waals surface area contributed by atoms with Crippen LogP contribution in [0.15, 0.2) is 30.3 Å². The van der Waals surface area contributed by atoms with Crippen molar-refractivity contribution in [2.45, 2.75) is 56.3 Å². The van der Waals surface area contributed by atoms with E-state index in [-0.39, 0.29) is 64.7 Å². The zero-order valence-electron chi connectivity index (χ0n) is 28.2. The van der Waals surface area contributed by atoms with Gasteiger partial charge in [0.05, 0.1) is 29.1 Å². The first-order valence-corrected chi connectivity index (χ1v) is 17.9. The molecule has 2 N–H and O–H groups in total. The van der Waals surface area contributed by atoms with Crippen molar-refractivity contribution in [2.24, 2.45) is 11.8 Å². The fraction of sp³-hybridized carbons (Fsp3) is 0.526. The molecule has 0 radical (unpaired) electrons. The predicted molar refractivity (Wildman–Crippen MR) is 184 cm³/mol. The molecule has 0 amide bonds. The van der Waals surface area contributed by atoms with Crippen molar-refractivity contribution in [3.63, 3.8) is 0 Å². The summed E-state index contributed by atoms with van der Waals surface area (Å²) in [6.45, 7) is 4.25. The number of phenols is 1. The molecule has 2 bridgehead atoms. The lowest BCUT2D eigenvalue weighted by Crippen LogP contribution is -2.50. The largest absolute Gasteiger partial charge is 0.508 e. The molecule has 0 spiro atoms. The van der Waals surface area contributed by atoms with Gasteiger partial charge < -0.3 is 29.5 Å². The molecule has 4 aromatic rings. The predicted octanol–water partition coefficient (Wildman–Crippen LogP) is 5.77. The molecular formula is C38H42F3N5O4. The van der Waals surface area contributed by atoms with E-state index < -0.39 is 23.3 Å². The average Bonchev–Trinajstić information content (AvgIpc) is 3.36. The van der Waals surface area contributed by atoms with Gasteiger partial charge in [0.25, 0.3) is 0 Å². The quantitative estimate of drug-likeness (QED) is 0.251. The Hall–Kier alpha value is -3.87. The van der Waals surface area contributed by atoms with Crippen molar-refractivity contribution < 1.29 is 32.5 Å². The molecule has 5 aliphatic heterocycles. The molecule has 5 aliphatic rings. The molecule has 9 rings (SSSR count). The first-order chi connectivity index (χ1) is 24.3. The van der Waals surface area contributed by atoms with Crippen molar-refractivity contribution in [3.05, 3.63) is 47.5 Å². The smallest absolute Gasteiger partial charge is 0.319 e. The van der Waals surface area contributed by atoms with Crippen molar-refractivity contribution >= 4 is 27.5 Å². The number of anilines is 1. The van der Waals surface area contributed by atoms with Crippen LogP contribution in [0.5, 0.6) is 17.5 Å². The third-order valence-corrected chi connectivity index (χ3v) is 11.9. The highest BCUT2D eigenvalue weighted by Gasteiger charge is 2.50. The fourth-order valence-electron chi connectivity index (χ4n) is 9.55. The summed E-state index contributed by atoms with van der Waals surface area (Å²) in [6, 6.07) is 8.41. The molecule has 3 unspecified atom stereocenters. The van der Waals surface area contributed by atoms with Gasteiger partial charge in [0.1, 0.15) is 36.5 Å². The van der Waals surface area contributed by atoms with Gasteiger partial charge in [-0.15, -0.1) is 0 Å². The second-order valence-electron chi connectivity index (χ2n) is 14.9. The van der Waals surface area contributed by atoms with E-state index in [4.69, 9.17) is 19.2 Å². The van der Waals surface area contributed by atoms with Gasteiger partial charge in [0.2, 0.25) is 0 Å². The molecule has 3 aromatic carbocycles. The van der Waals surface area contributed by atoms with Gasteiger partial charge in [-0.25, -0.2) is 13.2 Å². The molecule has 1 aromatic heterocycles. The second kappa shape index (κ2) is 12.4. The monoisotopic (exact) mass is 689 g/mol. The molecule has 0 aliphatic carbocycles. The number of halogens is 3. The fourth-order valence-corrected chi connectivity index (χ4v) is 9.55. The summed E-state index contributed by atoms with van der Waals surface area (Å²) in [5.41, 5.74) is 0.132. The lowest BCUT2D eigenvalue weighted by molar-refractivity contribution is 0.107. The summed E-state index contributed by atoms with van der Waals surface area (Å²) in [7, 11) is 1.61. The van der Waals surface area contributed by atoms with E-state index in [2.05, 4.69) is 20.1 Å². The third-order valence-electron chi connectivity index (χ3n) is 11.9. The Morgan fingerprint density at radius 1 is 1.10 bits per heavy atom. The van der Waals surface area contributed by atoms with E-state index >= 15 is 8.78 Å². The minimum Gasteiger partial charge on any atom is -0.508 e. The molecule has 264 valence electrons. The number of alkyl halides is 1. The summed E-state index contributed by atoms with van der Waals surface area (Å²) >= 11 is 0. The highest BCUT2D eigenvalue weighted by atomic mass is 19.1. The zero-order valence-corrected chi connectivity index (χ0v) is 28.2. The number of ether oxygens (including phenoxy) is 3. The lowest BCUT2D eigenvalue weighted by Gasteiger charge is -2.37. The Bertz CT molecular complexity index is 1980. The van der Waals surface area contributed by atoms with Gasteiger partial charge in [0.15, 0.2) is 17.4 Å². The van der Waals surface area contributed by atoms with Crippen LogP contribution >= 0.6 is 0 Å². The normalized spacial score (nSPS) is 27.6. The molecule has 50 heavy (non-hydrogen) atoms. The summed E-state index contributed by atoms with van der Waals surface area (Å²) in [5.74, 6) is -1.02. The van der Waals surface area contributed by atoms with E-state index in [9.17, 15) is 9.50 Å². The van der Waals surface area contributed by atoms with Crippen LogP contribution < -0.4 is 19.7 Å². The molecule has 0 saturated carbocycles. The highest BCUT2D eigenvalue weighted by Crippen LogP contribution is 2.49.